The zero-order chi connectivity index (χ0) is 108. The molecule has 37 nitrogen and oxygen atoms in total. The van der Waals surface area contributed by atoms with Crippen LogP contribution in [0, 0.1) is 30.5 Å². The molecule has 8 aromatic rings. The Bertz CT molecular complexity index is 5980. The summed E-state index contributed by atoms with van der Waals surface area (Å²) in [5.41, 5.74) is 9.71. The molecule has 0 spiro atoms. The van der Waals surface area contributed by atoms with Crippen molar-refractivity contribution in [3.63, 3.8) is 0 Å². The molecule has 3 fully saturated rings. The lowest BCUT2D eigenvalue weighted by molar-refractivity contribution is -0.131. The van der Waals surface area contributed by atoms with Gasteiger partial charge in [0.15, 0.2) is 28.7 Å². The molecule has 12 rings (SSSR count). The van der Waals surface area contributed by atoms with E-state index in [-0.39, 0.29) is 146 Å². The Balaban J connectivity index is 0.000000273. The number of nitrogens with two attached hydrogens (primary N) is 1. The third kappa shape index (κ3) is 32.2. The Kier molecular flexibility index (Phi) is 47.4. The second-order valence-electron chi connectivity index (χ2n) is 35.7. The first-order chi connectivity index (χ1) is 70.0. The molecule has 0 aliphatic carbocycles. The lowest BCUT2D eigenvalue weighted by Crippen LogP contribution is -2.58. The summed E-state index contributed by atoms with van der Waals surface area (Å²) in [5, 5.41) is 85.0. The molecule has 5 heterocycles. The number of amides is 7. The van der Waals surface area contributed by atoms with Gasteiger partial charge in [-0.15, -0.1) is 0 Å². The topological polar surface area (TPSA) is 484 Å². The van der Waals surface area contributed by atoms with Crippen LogP contribution >= 0.6 is 11.6 Å². The van der Waals surface area contributed by atoms with Crippen molar-refractivity contribution in [3.8, 4) is 85.7 Å². The van der Waals surface area contributed by atoms with Gasteiger partial charge in [-0.05, 0) is 155 Å². The third-order valence-corrected chi connectivity index (χ3v) is 25.7. The minimum absolute atomic E-state index is 0. The van der Waals surface area contributed by atoms with Gasteiger partial charge in [0.25, 0.3) is 29.6 Å². The van der Waals surface area contributed by atoms with E-state index < -0.39 is 103 Å². The summed E-state index contributed by atoms with van der Waals surface area (Å²) in [4.78, 5) is 111. The van der Waals surface area contributed by atoms with Crippen molar-refractivity contribution in [3.05, 3.63) is 205 Å². The minimum atomic E-state index is -2.91. The maximum absolute atomic E-state index is 14.9. The van der Waals surface area contributed by atoms with Gasteiger partial charge in [-0.25, -0.2) is 22.8 Å². The zero-order valence-electron chi connectivity index (χ0n) is 85.7. The molecule has 4 aliphatic heterocycles. The van der Waals surface area contributed by atoms with Crippen molar-refractivity contribution < 1.29 is 144 Å². The number of aromatic nitrogens is 1. The van der Waals surface area contributed by atoms with Crippen LogP contribution in [0.25, 0.3) is 22.5 Å². The van der Waals surface area contributed by atoms with Crippen molar-refractivity contribution in [2.75, 3.05) is 174 Å². The molecule has 1 aromatic heterocycles. The largest absolute Gasteiger partial charge is 0.508 e. The number of carbonyl (C=O) groups is 8. The number of phenols is 7. The summed E-state index contributed by atoms with van der Waals surface area (Å²) in [6.45, 7) is 20.4. The number of nitrogens with one attached hydrogen (secondary N) is 3. The molecule has 41 heteroatoms. The van der Waals surface area contributed by atoms with Crippen molar-refractivity contribution >= 4 is 64.8 Å². The number of allylic oxidation sites excluding steroid dienone is 2. The Labute approximate surface area is 871 Å². The molecule has 12 N–H and O–H groups in total. The van der Waals surface area contributed by atoms with Crippen LogP contribution in [0.4, 0.5) is 28.4 Å². The van der Waals surface area contributed by atoms with E-state index in [1.165, 1.54) is 60.4 Å². The van der Waals surface area contributed by atoms with Gasteiger partial charge in [-0.3, -0.25) is 33.7 Å². The number of methoxy groups -OCH3 is 7. The number of phenolic OH excluding ortho intramolecular Hbond substituents is 7. The van der Waals surface area contributed by atoms with Gasteiger partial charge in [-0.2, -0.15) is 0 Å². The molecule has 2 bridgehead atoms. The van der Waals surface area contributed by atoms with E-state index in [0.29, 0.717) is 149 Å². The number of likely N-dealkylation sites (tertiary alicyclic amines) is 2. The van der Waals surface area contributed by atoms with Gasteiger partial charge in [0.05, 0.1) is 117 Å². The number of nitrogens with zero attached hydrogens (tertiary/aromatic N) is 6. The SMILES string of the molecule is C.C.CCNC(=O)c1noc(-c2cc(Cl)c(O)cc2O)c1-c1ccc(OC)cc1.CCc1c(O)cc(O)c(C(=O)c2ccc(OCCN3CCOCC3)c(OC)c2)c1CC(=O)N(CCOC)CCOC.CNCCN(C)C(=O)Oc1cc2c(O)c(c1)[C@H](OC)[C@@H](C)C[C@H](OC)[C@H](OC)[C@@H](C)/C=C(\C)[C@H](OC(N)=O)[C@@H](C)/C=C\C=C(/C)C(=O)N2.Cc1cc(C(=O)N2CCCC2c2ccc(C(=O)N3CC(F)(F)C3)cc2F)c(O)cc1O. The summed E-state index contributed by atoms with van der Waals surface area (Å²) in [7, 11) is 14.3. The van der Waals surface area contributed by atoms with Gasteiger partial charge in [0, 0.05) is 165 Å². The van der Waals surface area contributed by atoms with E-state index in [9.17, 15) is 87.3 Å². The Morgan fingerprint density at radius 2 is 1.36 bits per heavy atom. The van der Waals surface area contributed by atoms with Crippen molar-refractivity contribution in [2.45, 2.75) is 139 Å². The third-order valence-electron chi connectivity index (χ3n) is 25.4. The number of aromatic hydroxyl groups is 7. The van der Waals surface area contributed by atoms with Gasteiger partial charge < -0.3 is 134 Å². The molecule has 7 amide bonds. The summed E-state index contributed by atoms with van der Waals surface area (Å²) in [5.74, 6) is -7.30. The van der Waals surface area contributed by atoms with E-state index in [4.69, 9.17) is 74.0 Å². The Hall–Kier alpha value is -13.7. The molecule has 3 saturated heterocycles. The number of fused-ring (bicyclic) bond motifs is 2. The predicted octanol–water partition coefficient (Wildman–Crippen LogP) is 15.9. The molecule has 8 atom stereocenters. The summed E-state index contributed by atoms with van der Waals surface area (Å²) in [6.07, 6.45) is 5.04. The number of benzene rings is 7. The fraction of sp³-hybridized carbons (Fsp3) is 0.454. The molecule has 814 valence electrons. The highest BCUT2D eigenvalue weighted by Crippen LogP contribution is 2.47. The normalized spacial score (nSPS) is 19.1. The number of carbonyl (C=O) groups excluding carboxylic acids is 8. The van der Waals surface area contributed by atoms with E-state index in [1.54, 1.807) is 136 Å². The van der Waals surface area contributed by atoms with Crippen molar-refractivity contribution in [2.24, 2.45) is 23.5 Å². The zero-order valence-corrected chi connectivity index (χ0v) is 86.4. The molecule has 4 aliphatic rings. The highest BCUT2D eigenvalue weighted by atomic mass is 35.5. The number of morpholine rings is 1. The van der Waals surface area contributed by atoms with E-state index in [1.807, 2.05) is 40.7 Å². The first-order valence-corrected chi connectivity index (χ1v) is 48.2. The van der Waals surface area contributed by atoms with Gasteiger partial charge in [0.1, 0.15) is 70.3 Å². The van der Waals surface area contributed by atoms with Gasteiger partial charge in [-0.1, -0.05) is 102 Å². The molecular formula is C108H142ClF3N10O27. The molecule has 0 radical (unpaired) electrons. The number of hydrogen-bond donors (Lipinski definition) is 11. The average molecular weight is 2100 g/mol. The molecule has 7 aromatic carbocycles. The van der Waals surface area contributed by atoms with Crippen LogP contribution in [0.3, 0.4) is 0 Å². The van der Waals surface area contributed by atoms with Crippen LogP contribution in [0.15, 0.2) is 143 Å². The van der Waals surface area contributed by atoms with E-state index in [0.717, 1.165) is 54.4 Å². The monoisotopic (exact) mass is 2100 g/mol. The fourth-order valence-electron chi connectivity index (χ4n) is 17.4. The number of aryl methyl sites for hydroxylation is 1. The molecular weight excluding hydrogens is 1960 g/mol. The molecule has 149 heavy (non-hydrogen) atoms. The Morgan fingerprint density at radius 1 is 0.698 bits per heavy atom. The number of rotatable bonds is 32. The maximum Gasteiger partial charge on any atom is 0.415 e. The number of anilines is 1. The number of primary amides is 1. The number of likely N-dealkylation sites (N-methyl/N-ethyl adjacent to an activating group) is 2. The maximum atomic E-state index is 14.9. The van der Waals surface area contributed by atoms with Crippen molar-refractivity contribution in [1.29, 1.82) is 0 Å². The minimum Gasteiger partial charge on any atom is -0.508 e. The van der Waals surface area contributed by atoms with Crippen LogP contribution in [-0.2, 0) is 55.6 Å². The molecule has 1 unspecified atom stereocenters. The Morgan fingerprint density at radius 3 is 1.97 bits per heavy atom. The quantitative estimate of drug-likeness (QED) is 0.0106. The van der Waals surface area contributed by atoms with Gasteiger partial charge >= 0.3 is 12.2 Å². The number of alkyl halides is 2. The standard InChI is InChI=1S/C35H54N4O9.C30H42N2O9.C22H21F3N2O4.C19H17ClN2O5.2CH4/c1-20-12-11-13-21(2)33(41)38-27-19-25(47-35(43)39(7)15-14-37-6)18-26(29(27)40)31(45-9)24(5)17-28(44-8)32(46-10)23(4)16-22(3)30(20)48-34(36)42;1-5-22-23(19-28(35)32(11-13-37-2)12-14-38-3)29(25(34)20-24(22)33)30(36)21-6-7-26(27(18-21)39-4)41-17-10-31-8-15-40-16-9-31;1-12-7-15(19(29)9-18(12)28)21(31)27-6-2-3-17(27)14-5-4-13(8-16(14)23)20(30)26-10-22(24,25)11-26;1-3-21-19(25)17-16(10-4-6-11(26-2)7-5-10)18(27-22-17)12-8-13(20)15(24)9-14(12)23;;/h11-13,16,18-20,23-24,28,30-32,37,40H,14-15,17H2,1-10H3,(H2,36,42)(H,38,41);6-7,18,20,33-34H,5,8-17,19H2,1-4H3;4-5,7-9,17,28-29H,2-3,6,10-11H2,1H3;4-9,23-24H,3H2,1-2H3,(H,21,25);2*1H4/b12-11-,21-13+,22-16+;;;;;/t20-,23-,24-,28-,30+,31+,32+;;;;;/m0...../s1. The number of hydrogen-bond acceptors (Lipinski definition) is 30. The average Bonchev–Trinajstić information content (AvgIpc) is 1.53. The van der Waals surface area contributed by atoms with Crippen LogP contribution in [0.2, 0.25) is 5.02 Å². The summed E-state index contributed by atoms with van der Waals surface area (Å²) < 4.78 is 108. The van der Waals surface area contributed by atoms with Crippen LogP contribution in [0.1, 0.15) is 170 Å². The molecule has 0 saturated carbocycles. The smallest absolute Gasteiger partial charge is 0.415 e. The first-order valence-electron chi connectivity index (χ1n) is 47.8. The number of halogens is 4. The second-order valence-corrected chi connectivity index (χ2v) is 36.1. The highest BCUT2D eigenvalue weighted by molar-refractivity contribution is 6.32. The second kappa shape index (κ2) is 57.7. The predicted molar refractivity (Wildman–Crippen MR) is 555 cm³/mol. The fourth-order valence-corrected chi connectivity index (χ4v) is 17.6. The number of ether oxygens (including phenoxy) is 11. The van der Waals surface area contributed by atoms with Crippen molar-refractivity contribution in [1.82, 2.24) is 40.3 Å². The first kappa shape index (κ1) is 122. The summed E-state index contributed by atoms with van der Waals surface area (Å²) >= 11 is 5.97. The number of ketones is 1. The lowest BCUT2D eigenvalue weighted by atomic mass is 9.86. The van der Waals surface area contributed by atoms with Gasteiger partial charge in [0.2, 0.25) is 5.91 Å². The lowest BCUT2D eigenvalue weighted by Gasteiger charge is -2.38. The van der Waals surface area contributed by atoms with Crippen LogP contribution in [-0.4, -0.2) is 306 Å². The summed E-state index contributed by atoms with van der Waals surface area (Å²) in [6, 6.07) is 24.0. The highest BCUT2D eigenvalue weighted by Gasteiger charge is 2.47. The van der Waals surface area contributed by atoms with Crippen LogP contribution in [0.5, 0.6) is 63.2 Å². The van der Waals surface area contributed by atoms with E-state index >= 15 is 0 Å². The van der Waals surface area contributed by atoms with E-state index in [2.05, 4.69) is 26.0 Å². The van der Waals surface area contributed by atoms with Crippen LogP contribution < -0.4 is 40.6 Å².